The van der Waals surface area contributed by atoms with Gasteiger partial charge in [0.1, 0.15) is 19.8 Å². The highest BCUT2D eigenvalue weighted by Gasteiger charge is 2.23. The van der Waals surface area contributed by atoms with Crippen LogP contribution in [0.2, 0.25) is 0 Å². The van der Waals surface area contributed by atoms with Gasteiger partial charge >= 0.3 is 0 Å². The standard InChI is InChI=1S/C19H22N2O5S/c1-3-14-6-4-5-7-16(14)21(27(2,23)24)13-19(22)20-15-8-9-17-18(12-15)26-11-10-25-17/h4-9,12H,3,10-11,13H2,1-2H3,(H,20,22). The summed E-state index contributed by atoms with van der Waals surface area (Å²) in [5.74, 6) is 0.729. The molecule has 1 amide bonds. The SMILES string of the molecule is CCc1ccccc1N(CC(=O)Nc1ccc2c(c1)OCCO2)S(C)(=O)=O. The van der Waals surface area contributed by atoms with Crippen molar-refractivity contribution < 1.29 is 22.7 Å². The number of aryl methyl sites for hydroxylation is 1. The first kappa shape index (κ1) is 19.0. The molecular weight excluding hydrogens is 368 g/mol. The van der Waals surface area contributed by atoms with E-state index in [0.29, 0.717) is 42.5 Å². The minimum atomic E-state index is -3.62. The summed E-state index contributed by atoms with van der Waals surface area (Å²) in [6.07, 6.45) is 1.75. The monoisotopic (exact) mass is 390 g/mol. The molecule has 0 unspecified atom stereocenters. The first-order chi connectivity index (χ1) is 12.9. The average Bonchev–Trinajstić information content (AvgIpc) is 2.65. The fourth-order valence-corrected chi connectivity index (χ4v) is 3.77. The zero-order chi connectivity index (χ0) is 19.4. The lowest BCUT2D eigenvalue weighted by atomic mass is 10.1. The van der Waals surface area contributed by atoms with Crippen LogP contribution in [0.5, 0.6) is 11.5 Å². The van der Waals surface area contributed by atoms with Gasteiger partial charge in [-0.2, -0.15) is 0 Å². The molecular formula is C19H22N2O5S. The number of hydrogen-bond donors (Lipinski definition) is 1. The Balaban J connectivity index is 1.79. The largest absolute Gasteiger partial charge is 0.486 e. The molecule has 0 saturated carbocycles. The van der Waals surface area contributed by atoms with E-state index in [4.69, 9.17) is 9.47 Å². The molecule has 1 N–H and O–H groups in total. The van der Waals surface area contributed by atoms with Crippen molar-refractivity contribution in [3.63, 3.8) is 0 Å². The maximum absolute atomic E-state index is 12.5. The van der Waals surface area contributed by atoms with Crippen LogP contribution in [0, 0.1) is 0 Å². The number of ether oxygens (including phenoxy) is 2. The number of carbonyl (C=O) groups is 1. The Hall–Kier alpha value is -2.74. The third kappa shape index (κ3) is 4.51. The number of sulfonamides is 1. The summed E-state index contributed by atoms with van der Waals surface area (Å²) in [6, 6.07) is 12.2. The number of nitrogens with one attached hydrogen (secondary N) is 1. The molecule has 27 heavy (non-hydrogen) atoms. The van der Waals surface area contributed by atoms with E-state index in [-0.39, 0.29) is 6.54 Å². The lowest BCUT2D eigenvalue weighted by Gasteiger charge is -2.24. The van der Waals surface area contributed by atoms with E-state index in [9.17, 15) is 13.2 Å². The smallest absolute Gasteiger partial charge is 0.245 e. The number of anilines is 2. The van der Waals surface area contributed by atoms with Crippen LogP contribution < -0.4 is 19.1 Å². The maximum Gasteiger partial charge on any atom is 0.245 e. The van der Waals surface area contributed by atoms with E-state index in [0.717, 1.165) is 16.1 Å². The Labute approximate surface area is 158 Å². The highest BCUT2D eigenvalue weighted by molar-refractivity contribution is 7.92. The normalized spacial score (nSPS) is 13.1. The number of nitrogens with zero attached hydrogens (tertiary/aromatic N) is 1. The second kappa shape index (κ2) is 7.87. The Morgan fingerprint density at radius 2 is 1.81 bits per heavy atom. The van der Waals surface area contributed by atoms with E-state index < -0.39 is 15.9 Å². The molecule has 144 valence electrons. The van der Waals surface area contributed by atoms with E-state index >= 15 is 0 Å². The number of amides is 1. The first-order valence-corrected chi connectivity index (χ1v) is 10.5. The quantitative estimate of drug-likeness (QED) is 0.819. The first-order valence-electron chi connectivity index (χ1n) is 8.63. The molecule has 0 bridgehead atoms. The van der Waals surface area contributed by atoms with Crippen LogP contribution in [0.1, 0.15) is 12.5 Å². The lowest BCUT2D eigenvalue weighted by Crippen LogP contribution is -2.38. The Bertz CT molecular complexity index is 943. The van der Waals surface area contributed by atoms with Gasteiger partial charge in [-0.05, 0) is 30.2 Å². The van der Waals surface area contributed by atoms with Gasteiger partial charge in [0.25, 0.3) is 0 Å². The zero-order valence-corrected chi connectivity index (χ0v) is 16.1. The molecule has 2 aromatic carbocycles. The van der Waals surface area contributed by atoms with Crippen molar-refractivity contribution in [1.82, 2.24) is 0 Å². The summed E-state index contributed by atoms with van der Waals surface area (Å²) in [5.41, 5.74) is 1.89. The van der Waals surface area contributed by atoms with Crippen LogP contribution in [0.25, 0.3) is 0 Å². The Kier molecular flexibility index (Phi) is 5.55. The van der Waals surface area contributed by atoms with Gasteiger partial charge in [0.15, 0.2) is 11.5 Å². The maximum atomic E-state index is 12.5. The molecule has 3 rings (SSSR count). The molecule has 7 nitrogen and oxygen atoms in total. The summed E-state index contributed by atoms with van der Waals surface area (Å²) in [6.45, 7) is 2.55. The summed E-state index contributed by atoms with van der Waals surface area (Å²) < 4.78 is 36.7. The molecule has 0 radical (unpaired) electrons. The van der Waals surface area contributed by atoms with Gasteiger partial charge in [-0.3, -0.25) is 9.10 Å². The van der Waals surface area contributed by atoms with Crippen molar-refractivity contribution >= 4 is 27.3 Å². The van der Waals surface area contributed by atoms with Crippen molar-refractivity contribution in [3.8, 4) is 11.5 Å². The van der Waals surface area contributed by atoms with Gasteiger partial charge in [0.2, 0.25) is 15.9 Å². The molecule has 0 spiro atoms. The van der Waals surface area contributed by atoms with Gasteiger partial charge in [-0.15, -0.1) is 0 Å². The molecule has 1 aliphatic rings. The number of para-hydroxylation sites is 1. The molecule has 8 heteroatoms. The number of fused-ring (bicyclic) bond motifs is 1. The number of hydrogen-bond acceptors (Lipinski definition) is 5. The predicted molar refractivity (Wildman–Crippen MR) is 104 cm³/mol. The molecule has 0 saturated heterocycles. The summed E-state index contributed by atoms with van der Waals surface area (Å²) in [4.78, 5) is 12.5. The van der Waals surface area contributed by atoms with Crippen molar-refractivity contribution in [1.29, 1.82) is 0 Å². The zero-order valence-electron chi connectivity index (χ0n) is 15.3. The highest BCUT2D eigenvalue weighted by Crippen LogP contribution is 2.32. The number of carbonyl (C=O) groups excluding carboxylic acids is 1. The molecule has 0 fully saturated rings. The molecule has 0 aromatic heterocycles. The topological polar surface area (TPSA) is 84.9 Å². The van der Waals surface area contributed by atoms with E-state index in [1.165, 1.54) is 0 Å². The second-order valence-electron chi connectivity index (χ2n) is 6.16. The Morgan fingerprint density at radius 1 is 1.11 bits per heavy atom. The molecule has 1 heterocycles. The molecule has 0 aliphatic carbocycles. The fourth-order valence-electron chi connectivity index (χ4n) is 2.89. The van der Waals surface area contributed by atoms with Crippen molar-refractivity contribution in [2.75, 3.05) is 35.6 Å². The van der Waals surface area contributed by atoms with Gasteiger partial charge in [0, 0.05) is 11.8 Å². The summed E-state index contributed by atoms with van der Waals surface area (Å²) >= 11 is 0. The fraction of sp³-hybridized carbons (Fsp3) is 0.316. The Morgan fingerprint density at radius 3 is 2.52 bits per heavy atom. The molecule has 2 aromatic rings. The van der Waals surface area contributed by atoms with E-state index in [1.54, 1.807) is 30.3 Å². The van der Waals surface area contributed by atoms with Gasteiger partial charge in [-0.1, -0.05) is 25.1 Å². The third-order valence-corrected chi connectivity index (χ3v) is 5.28. The van der Waals surface area contributed by atoms with Crippen molar-refractivity contribution in [2.24, 2.45) is 0 Å². The van der Waals surface area contributed by atoms with Crippen LogP contribution in [-0.2, 0) is 21.2 Å². The number of benzene rings is 2. The predicted octanol–water partition coefficient (Wildman–Crippen LogP) is 2.42. The average molecular weight is 390 g/mol. The van der Waals surface area contributed by atoms with Crippen LogP contribution in [0.4, 0.5) is 11.4 Å². The van der Waals surface area contributed by atoms with Crippen molar-refractivity contribution in [3.05, 3.63) is 48.0 Å². The third-order valence-electron chi connectivity index (χ3n) is 4.15. The second-order valence-corrected chi connectivity index (χ2v) is 8.07. The minimum absolute atomic E-state index is 0.315. The van der Waals surface area contributed by atoms with E-state index in [1.807, 2.05) is 19.1 Å². The summed E-state index contributed by atoms with van der Waals surface area (Å²) in [5, 5.41) is 2.72. The van der Waals surface area contributed by atoms with Crippen molar-refractivity contribution in [2.45, 2.75) is 13.3 Å². The lowest BCUT2D eigenvalue weighted by molar-refractivity contribution is -0.114. The number of rotatable bonds is 6. The van der Waals surface area contributed by atoms with Crippen LogP contribution in [-0.4, -0.2) is 40.3 Å². The van der Waals surface area contributed by atoms with E-state index in [2.05, 4.69) is 5.32 Å². The highest BCUT2D eigenvalue weighted by atomic mass is 32.2. The van der Waals surface area contributed by atoms with Gasteiger partial charge in [-0.25, -0.2) is 8.42 Å². The minimum Gasteiger partial charge on any atom is -0.486 e. The van der Waals surface area contributed by atoms with Crippen LogP contribution in [0.15, 0.2) is 42.5 Å². The molecule has 0 atom stereocenters. The van der Waals surface area contributed by atoms with Gasteiger partial charge < -0.3 is 14.8 Å². The summed E-state index contributed by atoms with van der Waals surface area (Å²) in [7, 11) is -3.62. The molecule has 1 aliphatic heterocycles. The van der Waals surface area contributed by atoms with Crippen LogP contribution in [0.3, 0.4) is 0 Å². The van der Waals surface area contributed by atoms with Crippen LogP contribution >= 0.6 is 0 Å². The van der Waals surface area contributed by atoms with Gasteiger partial charge in [0.05, 0.1) is 11.9 Å².